The van der Waals surface area contributed by atoms with E-state index in [4.69, 9.17) is 0 Å². The Morgan fingerprint density at radius 3 is 1.31 bits per heavy atom. The van der Waals surface area contributed by atoms with Crippen molar-refractivity contribution >= 4 is 0 Å². The van der Waals surface area contributed by atoms with Gasteiger partial charge >= 0.3 is 12.4 Å². The molecule has 0 nitrogen and oxygen atoms in total. The number of alkyl halides is 6. The van der Waals surface area contributed by atoms with Gasteiger partial charge in [-0.15, -0.1) is 0 Å². The van der Waals surface area contributed by atoms with Gasteiger partial charge in [0.05, 0.1) is 0 Å². The number of rotatable bonds is 1. The SMILES string of the molecule is CC(C)C=C(C(F)(F)F)C(F)(F)F. The third-order valence-electron chi connectivity index (χ3n) is 1.11. The lowest BCUT2D eigenvalue weighted by molar-refractivity contribution is -0.172. The number of hydrogen-bond acceptors (Lipinski definition) is 0. The third-order valence-corrected chi connectivity index (χ3v) is 1.11. The number of hydrogen-bond donors (Lipinski definition) is 0. The van der Waals surface area contributed by atoms with Crippen LogP contribution in [0.1, 0.15) is 13.8 Å². The van der Waals surface area contributed by atoms with E-state index < -0.39 is 23.8 Å². The normalized spacial score (nSPS) is 13.3. The Balaban J connectivity index is 5.01. The summed E-state index contributed by atoms with van der Waals surface area (Å²) in [6, 6.07) is 0. The summed E-state index contributed by atoms with van der Waals surface area (Å²) in [5.74, 6) is -0.793. The molecule has 0 fully saturated rings. The molecule has 13 heavy (non-hydrogen) atoms. The molecule has 0 unspecified atom stereocenters. The molecule has 0 amide bonds. The van der Waals surface area contributed by atoms with Gasteiger partial charge in [-0.25, -0.2) is 0 Å². The first-order chi connectivity index (χ1) is 5.55. The first-order valence-electron chi connectivity index (χ1n) is 3.41. The van der Waals surface area contributed by atoms with Gasteiger partial charge in [-0.3, -0.25) is 0 Å². The van der Waals surface area contributed by atoms with Gasteiger partial charge in [0.25, 0.3) is 0 Å². The maximum Gasteiger partial charge on any atom is 0.421 e. The first kappa shape index (κ1) is 12.3. The zero-order valence-electron chi connectivity index (χ0n) is 6.92. The molecule has 78 valence electrons. The Morgan fingerprint density at radius 1 is 0.923 bits per heavy atom. The van der Waals surface area contributed by atoms with Crippen LogP contribution in [0, 0.1) is 5.92 Å². The average molecular weight is 206 g/mol. The van der Waals surface area contributed by atoms with Gasteiger partial charge in [-0.05, 0) is 5.92 Å². The van der Waals surface area contributed by atoms with Crippen LogP contribution in [-0.4, -0.2) is 12.4 Å². The molecular weight excluding hydrogens is 198 g/mol. The molecule has 0 atom stereocenters. The summed E-state index contributed by atoms with van der Waals surface area (Å²) >= 11 is 0. The van der Waals surface area contributed by atoms with Gasteiger partial charge in [-0.1, -0.05) is 19.9 Å². The van der Waals surface area contributed by atoms with E-state index in [1.54, 1.807) is 0 Å². The minimum atomic E-state index is -5.33. The van der Waals surface area contributed by atoms with Crippen LogP contribution in [0.2, 0.25) is 0 Å². The fraction of sp³-hybridized carbons (Fsp3) is 0.714. The van der Waals surface area contributed by atoms with Crippen LogP contribution in [-0.2, 0) is 0 Å². The molecule has 0 aliphatic rings. The van der Waals surface area contributed by atoms with E-state index in [0.717, 1.165) is 0 Å². The van der Waals surface area contributed by atoms with E-state index in [9.17, 15) is 26.3 Å². The fourth-order valence-electron chi connectivity index (χ4n) is 0.683. The quantitative estimate of drug-likeness (QED) is 0.453. The van der Waals surface area contributed by atoms with Crippen LogP contribution >= 0.6 is 0 Å². The zero-order valence-corrected chi connectivity index (χ0v) is 6.92. The van der Waals surface area contributed by atoms with Crippen LogP contribution in [0.5, 0.6) is 0 Å². The largest absolute Gasteiger partial charge is 0.421 e. The standard InChI is InChI=1S/C7H8F6/c1-4(2)3-5(6(8,9)10)7(11,12)13/h3-4H,1-2H3. The minimum absolute atomic E-state index is 0.167. The highest BCUT2D eigenvalue weighted by atomic mass is 19.4. The molecule has 0 aromatic heterocycles. The van der Waals surface area contributed by atoms with Crippen molar-refractivity contribution < 1.29 is 26.3 Å². The summed E-state index contributed by atoms with van der Waals surface area (Å²) in [5, 5.41) is 0. The molecule has 0 saturated heterocycles. The van der Waals surface area contributed by atoms with Gasteiger partial charge in [0.1, 0.15) is 5.57 Å². The second-order valence-electron chi connectivity index (χ2n) is 2.82. The average Bonchev–Trinajstić information content (AvgIpc) is 1.77. The molecule has 0 radical (unpaired) electrons. The lowest BCUT2D eigenvalue weighted by Gasteiger charge is -2.15. The van der Waals surface area contributed by atoms with Crippen LogP contribution in [0.3, 0.4) is 0 Å². The van der Waals surface area contributed by atoms with E-state index in [0.29, 0.717) is 0 Å². The van der Waals surface area contributed by atoms with Crippen molar-refractivity contribution in [1.29, 1.82) is 0 Å². The van der Waals surface area contributed by atoms with E-state index in [-0.39, 0.29) is 6.08 Å². The highest BCUT2D eigenvalue weighted by molar-refractivity contribution is 5.15. The van der Waals surface area contributed by atoms with Crippen molar-refractivity contribution in [2.75, 3.05) is 0 Å². The van der Waals surface area contributed by atoms with Gasteiger partial charge in [0.15, 0.2) is 0 Å². The highest BCUT2D eigenvalue weighted by Crippen LogP contribution is 2.39. The Morgan fingerprint density at radius 2 is 1.23 bits per heavy atom. The minimum Gasteiger partial charge on any atom is -0.166 e. The Hall–Kier alpha value is -0.680. The number of allylic oxidation sites excluding steroid dienone is 2. The molecule has 0 aliphatic heterocycles. The highest BCUT2D eigenvalue weighted by Gasteiger charge is 2.50. The van der Waals surface area contributed by atoms with E-state index >= 15 is 0 Å². The maximum atomic E-state index is 11.8. The summed E-state index contributed by atoms with van der Waals surface area (Å²) in [5.41, 5.74) is -2.44. The van der Waals surface area contributed by atoms with Crippen molar-refractivity contribution in [2.45, 2.75) is 26.2 Å². The van der Waals surface area contributed by atoms with Crippen molar-refractivity contribution in [3.63, 3.8) is 0 Å². The summed E-state index contributed by atoms with van der Waals surface area (Å²) in [6.07, 6.45) is -10.5. The van der Waals surface area contributed by atoms with Crippen molar-refractivity contribution in [1.82, 2.24) is 0 Å². The van der Waals surface area contributed by atoms with Crippen molar-refractivity contribution in [2.24, 2.45) is 5.92 Å². The molecule has 0 N–H and O–H groups in total. The molecule has 0 spiro atoms. The predicted molar refractivity (Wildman–Crippen MR) is 35.0 cm³/mol. The summed E-state index contributed by atoms with van der Waals surface area (Å²) in [4.78, 5) is 0. The third kappa shape index (κ3) is 4.19. The van der Waals surface area contributed by atoms with Crippen LogP contribution in [0.4, 0.5) is 26.3 Å². The topological polar surface area (TPSA) is 0 Å². The molecular formula is C7H8F6. The maximum absolute atomic E-state index is 11.8. The zero-order chi connectivity index (χ0) is 10.9. The van der Waals surface area contributed by atoms with Gasteiger partial charge in [0, 0.05) is 0 Å². The van der Waals surface area contributed by atoms with Crippen LogP contribution < -0.4 is 0 Å². The van der Waals surface area contributed by atoms with Crippen molar-refractivity contribution in [3.8, 4) is 0 Å². The van der Waals surface area contributed by atoms with Gasteiger partial charge in [0.2, 0.25) is 0 Å². The monoisotopic (exact) mass is 206 g/mol. The second-order valence-corrected chi connectivity index (χ2v) is 2.82. The van der Waals surface area contributed by atoms with Gasteiger partial charge < -0.3 is 0 Å². The summed E-state index contributed by atoms with van der Waals surface area (Å²) in [7, 11) is 0. The number of halogens is 6. The molecule has 0 aliphatic carbocycles. The van der Waals surface area contributed by atoms with E-state index in [1.807, 2.05) is 0 Å². The molecule has 0 aromatic rings. The smallest absolute Gasteiger partial charge is 0.166 e. The lowest BCUT2D eigenvalue weighted by atomic mass is 10.1. The molecule has 0 heterocycles. The van der Waals surface area contributed by atoms with Crippen molar-refractivity contribution in [3.05, 3.63) is 11.6 Å². The Bertz CT molecular complexity index is 178. The van der Waals surface area contributed by atoms with Gasteiger partial charge in [-0.2, -0.15) is 26.3 Å². The summed E-state index contributed by atoms with van der Waals surface area (Å²) < 4.78 is 70.7. The first-order valence-corrected chi connectivity index (χ1v) is 3.41. The second kappa shape index (κ2) is 3.59. The Kier molecular flexibility index (Phi) is 3.40. The Labute approximate surface area is 71.2 Å². The molecule has 0 saturated carbocycles. The fourth-order valence-corrected chi connectivity index (χ4v) is 0.683. The summed E-state index contributed by atoms with van der Waals surface area (Å²) in [6.45, 7) is 2.50. The molecule has 0 rings (SSSR count). The molecule has 0 bridgehead atoms. The van der Waals surface area contributed by atoms with Crippen LogP contribution in [0.25, 0.3) is 0 Å². The van der Waals surface area contributed by atoms with E-state index in [1.165, 1.54) is 13.8 Å². The van der Waals surface area contributed by atoms with Crippen LogP contribution in [0.15, 0.2) is 11.6 Å². The molecule has 0 aromatic carbocycles. The predicted octanol–water partition coefficient (Wildman–Crippen LogP) is 3.69. The molecule has 6 heteroatoms. The lowest BCUT2D eigenvalue weighted by Crippen LogP contribution is -2.26. The van der Waals surface area contributed by atoms with E-state index in [2.05, 4.69) is 0 Å².